The van der Waals surface area contributed by atoms with Crippen molar-refractivity contribution in [1.82, 2.24) is 14.7 Å². The number of nitrogens with zero attached hydrogens (tertiary/aromatic N) is 3. The molecule has 1 saturated carbocycles. The van der Waals surface area contributed by atoms with Gasteiger partial charge in [-0.2, -0.15) is 0 Å². The number of nitrogens with one attached hydrogen (secondary N) is 1. The summed E-state index contributed by atoms with van der Waals surface area (Å²) >= 11 is 3.38. The molecular formula is C24H24BrFN4O4S. The molecule has 1 aliphatic heterocycles. The van der Waals surface area contributed by atoms with Crippen LogP contribution in [0.2, 0.25) is 0 Å². The van der Waals surface area contributed by atoms with Crippen LogP contribution in [0.4, 0.5) is 10.2 Å². The summed E-state index contributed by atoms with van der Waals surface area (Å²) in [6.45, 7) is 0.914. The van der Waals surface area contributed by atoms with Crippen molar-refractivity contribution in [3.8, 4) is 11.6 Å². The van der Waals surface area contributed by atoms with Crippen LogP contribution < -0.4 is 19.1 Å². The Morgan fingerprint density at radius 2 is 1.86 bits per heavy atom. The summed E-state index contributed by atoms with van der Waals surface area (Å²) in [7, 11) is -2.48. The number of pyridine rings is 2. The van der Waals surface area contributed by atoms with E-state index in [0.717, 1.165) is 34.7 Å². The van der Waals surface area contributed by atoms with Crippen molar-refractivity contribution in [3.63, 3.8) is 0 Å². The molecule has 0 amide bonds. The number of sulfonamides is 1. The third-order valence-corrected chi connectivity index (χ3v) is 8.01. The minimum atomic E-state index is -4.00. The predicted molar refractivity (Wildman–Crippen MR) is 132 cm³/mol. The van der Waals surface area contributed by atoms with Crippen molar-refractivity contribution >= 4 is 31.8 Å². The lowest BCUT2D eigenvalue weighted by Crippen LogP contribution is -2.54. The molecule has 1 unspecified atom stereocenters. The molecule has 3 aromatic rings. The second kappa shape index (κ2) is 9.71. The molecule has 1 N–H and O–H groups in total. The van der Waals surface area contributed by atoms with Gasteiger partial charge in [-0.3, -0.25) is 0 Å². The van der Waals surface area contributed by atoms with Gasteiger partial charge >= 0.3 is 0 Å². The van der Waals surface area contributed by atoms with E-state index < -0.39 is 21.9 Å². The highest BCUT2D eigenvalue weighted by Crippen LogP contribution is 2.42. The van der Waals surface area contributed by atoms with Gasteiger partial charge in [-0.05, 0) is 54.7 Å². The Morgan fingerprint density at radius 3 is 2.46 bits per heavy atom. The predicted octanol–water partition coefficient (Wildman–Crippen LogP) is 4.08. The molecule has 1 atom stereocenters. The summed E-state index contributed by atoms with van der Waals surface area (Å²) < 4.78 is 55.7. The van der Waals surface area contributed by atoms with E-state index in [1.165, 1.54) is 13.3 Å². The molecule has 0 radical (unpaired) electrons. The fourth-order valence-corrected chi connectivity index (χ4v) is 5.50. The monoisotopic (exact) mass is 562 g/mol. The molecule has 1 saturated heterocycles. The summed E-state index contributed by atoms with van der Waals surface area (Å²) in [6.07, 6.45) is 4.51. The number of rotatable bonds is 9. The molecule has 0 spiro atoms. The number of aromatic nitrogens is 2. The zero-order valence-corrected chi connectivity index (χ0v) is 21.3. The van der Waals surface area contributed by atoms with Crippen LogP contribution >= 0.6 is 15.9 Å². The molecule has 8 nitrogen and oxygen atoms in total. The molecule has 35 heavy (non-hydrogen) atoms. The van der Waals surface area contributed by atoms with Crippen LogP contribution in [0, 0.1) is 11.7 Å². The van der Waals surface area contributed by atoms with Gasteiger partial charge in [0.15, 0.2) is 11.6 Å². The maximum Gasteiger partial charge on any atom is 0.242 e. The minimum absolute atomic E-state index is 0.0974. The number of methoxy groups -OCH3 is 1. The highest BCUT2D eigenvalue weighted by atomic mass is 79.9. The number of ether oxygens (including phenoxy) is 2. The van der Waals surface area contributed by atoms with E-state index in [0.29, 0.717) is 19.0 Å². The molecule has 2 fully saturated rings. The number of anilines is 1. The Kier molecular flexibility index (Phi) is 6.65. The maximum absolute atomic E-state index is 14.9. The molecule has 1 aromatic carbocycles. The molecule has 2 aromatic heterocycles. The van der Waals surface area contributed by atoms with Crippen molar-refractivity contribution in [2.24, 2.45) is 5.92 Å². The van der Waals surface area contributed by atoms with Gasteiger partial charge in [0.05, 0.1) is 26.2 Å². The zero-order chi connectivity index (χ0) is 24.6. The Bertz CT molecular complexity index is 1300. The first-order valence-electron chi connectivity index (χ1n) is 11.2. The van der Waals surface area contributed by atoms with Gasteiger partial charge in [0.1, 0.15) is 16.7 Å². The molecular weight excluding hydrogens is 539 g/mol. The Hall–Kier alpha value is -2.76. The SMILES string of the molecule is COc1ccc(C(NS(=O)(=O)c2cnc(N3CC(Oc4ccc(Br)cc4)C3)c(F)c2)C2CC2)cn1. The molecule has 11 heteroatoms. The van der Waals surface area contributed by atoms with E-state index in [2.05, 4.69) is 30.6 Å². The second-order valence-electron chi connectivity index (χ2n) is 8.65. The van der Waals surface area contributed by atoms with E-state index in [-0.39, 0.29) is 22.7 Å². The average Bonchev–Trinajstić information content (AvgIpc) is 3.67. The van der Waals surface area contributed by atoms with Gasteiger partial charge in [0, 0.05) is 22.9 Å². The van der Waals surface area contributed by atoms with Gasteiger partial charge in [-0.1, -0.05) is 22.0 Å². The first kappa shape index (κ1) is 24.0. The van der Waals surface area contributed by atoms with E-state index in [1.54, 1.807) is 23.2 Å². The standard InChI is InChI=1S/C24H24BrFN4O4S/c1-33-22-9-4-16(11-27-22)23(15-2-3-15)29-35(31,32)20-10-21(26)24(28-12-20)30-13-19(14-30)34-18-7-5-17(25)6-8-18/h4-12,15,19,23,29H,2-3,13-14H2,1H3. The fourth-order valence-electron chi connectivity index (χ4n) is 3.98. The highest BCUT2D eigenvalue weighted by molar-refractivity contribution is 9.10. The molecule has 0 bridgehead atoms. The molecule has 5 rings (SSSR count). The van der Waals surface area contributed by atoms with Crippen molar-refractivity contribution < 1.29 is 22.3 Å². The van der Waals surface area contributed by atoms with Crippen molar-refractivity contribution in [2.75, 3.05) is 25.1 Å². The van der Waals surface area contributed by atoms with Crippen LogP contribution in [-0.2, 0) is 10.0 Å². The molecule has 184 valence electrons. The lowest BCUT2D eigenvalue weighted by molar-refractivity contribution is 0.166. The van der Waals surface area contributed by atoms with Crippen LogP contribution in [0.15, 0.2) is 64.2 Å². The number of hydrogen-bond acceptors (Lipinski definition) is 7. The second-order valence-corrected chi connectivity index (χ2v) is 11.3. The first-order valence-corrected chi connectivity index (χ1v) is 13.4. The highest BCUT2D eigenvalue weighted by Gasteiger charge is 2.37. The molecule has 2 aliphatic rings. The summed E-state index contributed by atoms with van der Waals surface area (Å²) in [6, 6.07) is 11.5. The van der Waals surface area contributed by atoms with Gasteiger partial charge in [-0.25, -0.2) is 27.5 Å². The van der Waals surface area contributed by atoms with Crippen LogP contribution in [0.5, 0.6) is 11.6 Å². The molecule has 1 aliphatic carbocycles. The summed E-state index contributed by atoms with van der Waals surface area (Å²) in [5, 5.41) is 0. The molecule has 3 heterocycles. The zero-order valence-electron chi connectivity index (χ0n) is 18.9. The third-order valence-electron chi connectivity index (χ3n) is 6.07. The quantitative estimate of drug-likeness (QED) is 0.420. The van der Waals surface area contributed by atoms with Crippen LogP contribution in [0.3, 0.4) is 0 Å². The topological polar surface area (TPSA) is 93.6 Å². The lowest BCUT2D eigenvalue weighted by Gasteiger charge is -2.39. The lowest BCUT2D eigenvalue weighted by atomic mass is 10.1. The number of halogens is 2. The van der Waals surface area contributed by atoms with E-state index in [1.807, 2.05) is 24.3 Å². The fraction of sp³-hybridized carbons (Fsp3) is 0.333. The summed E-state index contributed by atoms with van der Waals surface area (Å²) in [5.41, 5.74) is 0.735. The van der Waals surface area contributed by atoms with Crippen molar-refractivity contribution in [1.29, 1.82) is 0 Å². The third kappa shape index (κ3) is 5.41. The number of hydrogen-bond donors (Lipinski definition) is 1. The minimum Gasteiger partial charge on any atom is -0.487 e. The number of benzene rings is 1. The van der Waals surface area contributed by atoms with E-state index >= 15 is 0 Å². The Balaban J connectivity index is 1.25. The van der Waals surface area contributed by atoms with Gasteiger partial charge < -0.3 is 14.4 Å². The van der Waals surface area contributed by atoms with Gasteiger partial charge in [-0.15, -0.1) is 0 Å². The van der Waals surface area contributed by atoms with Gasteiger partial charge in [0.25, 0.3) is 0 Å². The van der Waals surface area contributed by atoms with Crippen LogP contribution in [0.25, 0.3) is 0 Å². The van der Waals surface area contributed by atoms with Crippen molar-refractivity contribution in [3.05, 3.63) is 70.7 Å². The van der Waals surface area contributed by atoms with E-state index in [9.17, 15) is 12.8 Å². The van der Waals surface area contributed by atoms with Crippen molar-refractivity contribution in [2.45, 2.75) is 29.9 Å². The maximum atomic E-state index is 14.9. The largest absolute Gasteiger partial charge is 0.487 e. The summed E-state index contributed by atoms with van der Waals surface area (Å²) in [4.78, 5) is 9.81. The van der Waals surface area contributed by atoms with E-state index in [4.69, 9.17) is 9.47 Å². The normalized spacial score (nSPS) is 17.1. The van der Waals surface area contributed by atoms with Gasteiger partial charge in [0.2, 0.25) is 15.9 Å². The summed E-state index contributed by atoms with van der Waals surface area (Å²) in [5.74, 6) is 0.766. The van der Waals surface area contributed by atoms with Crippen LogP contribution in [-0.4, -0.2) is 44.7 Å². The van der Waals surface area contributed by atoms with Crippen LogP contribution in [0.1, 0.15) is 24.4 Å². The smallest absolute Gasteiger partial charge is 0.242 e. The average molecular weight is 563 g/mol. The first-order chi connectivity index (χ1) is 16.8. The Morgan fingerprint density at radius 1 is 1.11 bits per heavy atom. The Labute approximate surface area is 211 Å².